The van der Waals surface area contributed by atoms with E-state index in [-0.39, 0.29) is 0 Å². The fraction of sp³-hybridized carbons (Fsp3) is 1.00. The van der Waals surface area contributed by atoms with Gasteiger partial charge in [-0.15, -0.1) is 0 Å². The highest BCUT2D eigenvalue weighted by molar-refractivity contribution is 7.99. The van der Waals surface area contributed by atoms with Crippen molar-refractivity contribution in [1.82, 2.24) is 0 Å². The van der Waals surface area contributed by atoms with Crippen LogP contribution in [0.2, 0.25) is 0 Å². The summed E-state index contributed by atoms with van der Waals surface area (Å²) >= 11 is 1.97. The topological polar surface area (TPSA) is 9.23 Å². The van der Waals surface area contributed by atoms with Gasteiger partial charge in [-0.3, -0.25) is 0 Å². The lowest BCUT2D eigenvalue weighted by Crippen LogP contribution is -2.37. The summed E-state index contributed by atoms with van der Waals surface area (Å²) in [4.78, 5) is 0. The Morgan fingerprint density at radius 1 is 1.50 bits per heavy atom. The summed E-state index contributed by atoms with van der Waals surface area (Å²) in [6.07, 6.45) is 3.41. The standard InChI is InChI=1S/C8H16OS/c1-8(2)6-9-5-4-7(8)10-3/h7H,4-6H2,1-3H3. The zero-order valence-electron chi connectivity index (χ0n) is 7.02. The molecule has 1 aliphatic rings. The van der Waals surface area contributed by atoms with Crippen LogP contribution in [0.5, 0.6) is 0 Å². The minimum absolute atomic E-state index is 0.387. The van der Waals surface area contributed by atoms with Gasteiger partial charge in [0, 0.05) is 17.3 Å². The first-order valence-corrected chi connectivity index (χ1v) is 5.06. The van der Waals surface area contributed by atoms with Gasteiger partial charge in [0.15, 0.2) is 0 Å². The molecule has 1 fully saturated rings. The van der Waals surface area contributed by atoms with Crippen LogP contribution in [0.3, 0.4) is 0 Å². The van der Waals surface area contributed by atoms with Crippen molar-refractivity contribution in [2.45, 2.75) is 25.5 Å². The monoisotopic (exact) mass is 160 g/mol. The van der Waals surface area contributed by atoms with Gasteiger partial charge in [0.2, 0.25) is 0 Å². The average molecular weight is 160 g/mol. The summed E-state index contributed by atoms with van der Waals surface area (Å²) < 4.78 is 5.40. The Kier molecular flexibility index (Phi) is 2.64. The summed E-state index contributed by atoms with van der Waals surface area (Å²) in [5.74, 6) is 0. The summed E-state index contributed by atoms with van der Waals surface area (Å²) in [7, 11) is 0. The fourth-order valence-electron chi connectivity index (χ4n) is 1.45. The van der Waals surface area contributed by atoms with E-state index in [0.29, 0.717) is 5.41 Å². The molecular formula is C8H16OS. The van der Waals surface area contributed by atoms with Crippen LogP contribution in [0.4, 0.5) is 0 Å². The molecule has 1 unspecified atom stereocenters. The van der Waals surface area contributed by atoms with Crippen LogP contribution in [0.25, 0.3) is 0 Å². The molecular weight excluding hydrogens is 144 g/mol. The zero-order valence-corrected chi connectivity index (χ0v) is 7.83. The van der Waals surface area contributed by atoms with Crippen molar-refractivity contribution in [3.05, 3.63) is 0 Å². The predicted octanol–water partition coefficient (Wildman–Crippen LogP) is 2.16. The smallest absolute Gasteiger partial charge is 0.0527 e. The first-order valence-electron chi connectivity index (χ1n) is 3.77. The molecule has 10 heavy (non-hydrogen) atoms. The molecule has 1 saturated heterocycles. The Hall–Kier alpha value is 0.310. The van der Waals surface area contributed by atoms with Gasteiger partial charge in [0.1, 0.15) is 0 Å². The maximum Gasteiger partial charge on any atom is 0.0527 e. The van der Waals surface area contributed by atoms with E-state index in [4.69, 9.17) is 4.74 Å². The predicted molar refractivity (Wildman–Crippen MR) is 46.5 cm³/mol. The van der Waals surface area contributed by atoms with Crippen molar-refractivity contribution < 1.29 is 4.74 Å². The van der Waals surface area contributed by atoms with Crippen molar-refractivity contribution in [3.63, 3.8) is 0 Å². The molecule has 1 aliphatic heterocycles. The summed E-state index contributed by atoms with van der Waals surface area (Å²) in [6.45, 7) is 6.45. The average Bonchev–Trinajstić information content (AvgIpc) is 1.87. The zero-order chi connectivity index (χ0) is 7.61. The van der Waals surface area contributed by atoms with Gasteiger partial charge in [-0.1, -0.05) is 13.8 Å². The first-order chi connectivity index (χ1) is 4.67. The van der Waals surface area contributed by atoms with Crippen molar-refractivity contribution in [1.29, 1.82) is 0 Å². The van der Waals surface area contributed by atoms with Crippen LogP contribution in [-0.2, 0) is 4.74 Å². The molecule has 1 atom stereocenters. The second-order valence-corrected chi connectivity index (χ2v) is 4.59. The first kappa shape index (κ1) is 8.41. The highest BCUT2D eigenvalue weighted by Crippen LogP contribution is 2.35. The molecule has 0 aromatic rings. The van der Waals surface area contributed by atoms with Crippen molar-refractivity contribution in [2.75, 3.05) is 19.5 Å². The molecule has 0 spiro atoms. The van der Waals surface area contributed by atoms with Crippen molar-refractivity contribution in [2.24, 2.45) is 5.41 Å². The van der Waals surface area contributed by atoms with Crippen LogP contribution in [0.15, 0.2) is 0 Å². The second kappa shape index (κ2) is 3.14. The Morgan fingerprint density at radius 2 is 2.20 bits per heavy atom. The summed E-state index contributed by atoms with van der Waals surface area (Å²) in [6, 6.07) is 0. The minimum Gasteiger partial charge on any atom is -0.381 e. The van der Waals surface area contributed by atoms with Crippen LogP contribution < -0.4 is 0 Å². The lowest BCUT2D eigenvalue weighted by Gasteiger charge is -2.37. The van der Waals surface area contributed by atoms with Crippen LogP contribution in [0.1, 0.15) is 20.3 Å². The van der Waals surface area contributed by atoms with E-state index in [1.807, 2.05) is 11.8 Å². The molecule has 0 saturated carbocycles. The molecule has 0 aromatic carbocycles. The summed E-state index contributed by atoms with van der Waals surface area (Å²) in [5, 5.41) is 0.793. The van der Waals surface area contributed by atoms with E-state index in [0.717, 1.165) is 18.5 Å². The third kappa shape index (κ3) is 1.67. The van der Waals surface area contributed by atoms with Crippen LogP contribution >= 0.6 is 11.8 Å². The number of hydrogen-bond donors (Lipinski definition) is 0. The van der Waals surface area contributed by atoms with Crippen LogP contribution in [0, 0.1) is 5.41 Å². The van der Waals surface area contributed by atoms with Gasteiger partial charge in [-0.2, -0.15) is 11.8 Å². The Bertz CT molecular complexity index is 112. The lowest BCUT2D eigenvalue weighted by molar-refractivity contribution is 0.0180. The lowest BCUT2D eigenvalue weighted by atomic mass is 9.87. The largest absolute Gasteiger partial charge is 0.381 e. The van der Waals surface area contributed by atoms with Gasteiger partial charge in [-0.25, -0.2) is 0 Å². The van der Waals surface area contributed by atoms with Gasteiger partial charge < -0.3 is 4.74 Å². The highest BCUT2D eigenvalue weighted by atomic mass is 32.2. The molecule has 0 radical (unpaired) electrons. The van der Waals surface area contributed by atoms with Crippen molar-refractivity contribution >= 4 is 11.8 Å². The van der Waals surface area contributed by atoms with E-state index >= 15 is 0 Å². The maximum absolute atomic E-state index is 5.40. The molecule has 0 aliphatic carbocycles. The van der Waals surface area contributed by atoms with E-state index in [9.17, 15) is 0 Å². The Labute approximate surface area is 67.5 Å². The molecule has 1 rings (SSSR count). The third-order valence-electron chi connectivity index (χ3n) is 2.15. The second-order valence-electron chi connectivity index (χ2n) is 3.55. The number of rotatable bonds is 1. The number of ether oxygens (including phenoxy) is 1. The third-order valence-corrected chi connectivity index (χ3v) is 3.60. The van der Waals surface area contributed by atoms with Gasteiger partial charge in [0.05, 0.1) is 6.61 Å². The number of thioether (sulfide) groups is 1. The van der Waals surface area contributed by atoms with Gasteiger partial charge in [0.25, 0.3) is 0 Å². The van der Waals surface area contributed by atoms with Gasteiger partial charge in [-0.05, 0) is 12.7 Å². The van der Waals surface area contributed by atoms with Crippen molar-refractivity contribution in [3.8, 4) is 0 Å². The normalized spacial score (nSPS) is 32.1. The molecule has 0 N–H and O–H groups in total. The van der Waals surface area contributed by atoms with E-state index in [1.165, 1.54) is 6.42 Å². The molecule has 1 nitrogen and oxygen atoms in total. The Morgan fingerprint density at radius 3 is 2.60 bits per heavy atom. The quantitative estimate of drug-likeness (QED) is 0.581. The minimum atomic E-state index is 0.387. The molecule has 2 heteroatoms. The maximum atomic E-state index is 5.40. The van der Waals surface area contributed by atoms with E-state index in [1.54, 1.807) is 0 Å². The SMILES string of the molecule is CSC1CCOCC1(C)C. The fourth-order valence-corrected chi connectivity index (χ4v) is 2.48. The van der Waals surface area contributed by atoms with Gasteiger partial charge >= 0.3 is 0 Å². The molecule has 0 aromatic heterocycles. The Balaban J connectivity index is 2.51. The molecule has 0 amide bonds. The molecule has 1 heterocycles. The molecule has 0 bridgehead atoms. The van der Waals surface area contributed by atoms with E-state index in [2.05, 4.69) is 20.1 Å². The summed E-state index contributed by atoms with van der Waals surface area (Å²) in [5.41, 5.74) is 0.387. The highest BCUT2D eigenvalue weighted by Gasteiger charge is 2.31. The van der Waals surface area contributed by atoms with Crippen LogP contribution in [-0.4, -0.2) is 24.7 Å². The number of hydrogen-bond acceptors (Lipinski definition) is 2. The van der Waals surface area contributed by atoms with E-state index < -0.39 is 0 Å². The molecule has 60 valence electrons.